The maximum atomic E-state index is 10.6. The molecule has 4 heteroatoms. The highest BCUT2D eigenvalue weighted by atomic mass is 16.5. The van der Waals surface area contributed by atoms with E-state index >= 15 is 0 Å². The van der Waals surface area contributed by atoms with Crippen molar-refractivity contribution in [3.05, 3.63) is 5.53 Å². The second-order valence-corrected chi connectivity index (χ2v) is 1.72. The highest BCUT2D eigenvalue weighted by molar-refractivity contribution is 6.25. The van der Waals surface area contributed by atoms with Crippen LogP contribution >= 0.6 is 0 Å². The predicted octanol–water partition coefficient (Wildman–Crippen LogP) is -0.104. The third-order valence-corrected chi connectivity index (χ3v) is 0.880. The van der Waals surface area contributed by atoms with Crippen LogP contribution in [0.4, 0.5) is 0 Å². The molecule has 0 aromatic carbocycles. The molecule has 0 unspecified atom stereocenters. The normalized spacial score (nSPS) is 7.91. The highest BCUT2D eigenvalue weighted by Crippen LogP contribution is 1.81. The molecule has 0 fully saturated rings. The summed E-state index contributed by atoms with van der Waals surface area (Å²) in [6.07, 6.45) is 5.90. The first-order chi connectivity index (χ1) is 5.31. The summed E-state index contributed by atoms with van der Waals surface area (Å²) >= 11 is 0. The zero-order valence-electron chi connectivity index (χ0n) is 5.99. The second-order valence-electron chi connectivity index (χ2n) is 1.72. The SMILES string of the molecule is C#CCOCCC(=O)C=[N+]=[N-]. The summed E-state index contributed by atoms with van der Waals surface area (Å²) < 4.78 is 4.80. The van der Waals surface area contributed by atoms with Crippen molar-refractivity contribution in [2.45, 2.75) is 6.42 Å². The van der Waals surface area contributed by atoms with Crippen molar-refractivity contribution in [1.29, 1.82) is 0 Å². The number of ketones is 1. The molecule has 0 N–H and O–H groups in total. The molecule has 0 aliphatic carbocycles. The Hall–Kier alpha value is -1.43. The van der Waals surface area contributed by atoms with Crippen molar-refractivity contribution < 1.29 is 14.3 Å². The summed E-state index contributed by atoms with van der Waals surface area (Å²) in [5.41, 5.74) is 7.91. The summed E-state index contributed by atoms with van der Waals surface area (Å²) in [7, 11) is 0. The van der Waals surface area contributed by atoms with Crippen LogP contribution in [0.1, 0.15) is 6.42 Å². The van der Waals surface area contributed by atoms with Gasteiger partial charge in [0.05, 0.1) is 6.61 Å². The van der Waals surface area contributed by atoms with E-state index in [-0.39, 0.29) is 25.4 Å². The van der Waals surface area contributed by atoms with Crippen LogP contribution in [0.2, 0.25) is 0 Å². The summed E-state index contributed by atoms with van der Waals surface area (Å²) in [5, 5.41) is 0. The smallest absolute Gasteiger partial charge is 0.323 e. The first-order valence-electron chi connectivity index (χ1n) is 3.02. The number of rotatable bonds is 5. The average Bonchev–Trinajstić information content (AvgIpc) is 1.99. The number of carbonyl (C=O) groups is 1. The molecule has 4 nitrogen and oxygen atoms in total. The van der Waals surface area contributed by atoms with Crippen LogP contribution in [0.15, 0.2) is 0 Å². The number of terminal acetylenes is 1. The van der Waals surface area contributed by atoms with Gasteiger partial charge < -0.3 is 10.3 Å². The molecule has 0 radical (unpaired) electrons. The van der Waals surface area contributed by atoms with E-state index < -0.39 is 0 Å². The van der Waals surface area contributed by atoms with E-state index in [4.69, 9.17) is 16.7 Å². The lowest BCUT2D eigenvalue weighted by atomic mass is 10.3. The minimum absolute atomic E-state index is 0.186. The molecular formula is C7H8N2O2. The largest absolute Gasteiger partial charge is 0.368 e. The second kappa shape index (κ2) is 6.69. The van der Waals surface area contributed by atoms with E-state index in [0.717, 1.165) is 6.21 Å². The van der Waals surface area contributed by atoms with Crippen molar-refractivity contribution >= 4 is 12.0 Å². The van der Waals surface area contributed by atoms with Gasteiger partial charge in [-0.3, -0.25) is 4.79 Å². The number of ether oxygens (including phenoxy) is 1. The van der Waals surface area contributed by atoms with E-state index in [9.17, 15) is 4.79 Å². The molecule has 0 saturated carbocycles. The minimum atomic E-state index is -0.287. The van der Waals surface area contributed by atoms with E-state index in [2.05, 4.69) is 10.7 Å². The first kappa shape index (κ1) is 9.57. The molecule has 0 spiro atoms. The lowest BCUT2D eigenvalue weighted by Crippen LogP contribution is -2.05. The van der Waals surface area contributed by atoms with Crippen molar-refractivity contribution in [1.82, 2.24) is 0 Å². The van der Waals surface area contributed by atoms with Crippen LogP contribution in [0, 0.1) is 12.3 Å². The van der Waals surface area contributed by atoms with E-state index in [0.29, 0.717) is 0 Å². The molecule has 0 aromatic heterocycles. The molecule has 0 bridgehead atoms. The molecule has 0 heterocycles. The van der Waals surface area contributed by atoms with Crippen LogP contribution in [-0.4, -0.2) is 30.0 Å². The third kappa shape index (κ3) is 6.46. The maximum Gasteiger partial charge on any atom is 0.323 e. The van der Waals surface area contributed by atoms with Crippen LogP contribution in [0.3, 0.4) is 0 Å². The first-order valence-corrected chi connectivity index (χ1v) is 3.02. The fourth-order valence-electron chi connectivity index (χ4n) is 0.433. The standard InChI is InChI=1S/C7H8N2O2/c1-2-4-11-5-3-7(10)6-9-8/h1,6H,3-5H2. The van der Waals surface area contributed by atoms with Gasteiger partial charge >= 0.3 is 6.21 Å². The van der Waals surface area contributed by atoms with Gasteiger partial charge in [0, 0.05) is 6.42 Å². The Labute approximate surface area is 64.8 Å². The van der Waals surface area contributed by atoms with Gasteiger partial charge in [0.15, 0.2) is 0 Å². The van der Waals surface area contributed by atoms with Gasteiger partial charge in [-0.15, -0.1) is 6.42 Å². The van der Waals surface area contributed by atoms with Crippen molar-refractivity contribution in [2.75, 3.05) is 13.2 Å². The average molecular weight is 152 g/mol. The monoisotopic (exact) mass is 152 g/mol. The molecule has 0 saturated heterocycles. The van der Waals surface area contributed by atoms with Crippen LogP contribution in [-0.2, 0) is 9.53 Å². The van der Waals surface area contributed by atoms with E-state index in [1.54, 1.807) is 0 Å². The molecule has 0 aromatic rings. The van der Waals surface area contributed by atoms with Crippen molar-refractivity contribution in [3.8, 4) is 12.3 Å². The number of hydrogen-bond donors (Lipinski definition) is 0. The number of carbonyl (C=O) groups excluding carboxylic acids is 1. The van der Waals surface area contributed by atoms with Gasteiger partial charge in [0.1, 0.15) is 6.61 Å². The molecule has 0 amide bonds. The van der Waals surface area contributed by atoms with Crippen molar-refractivity contribution in [3.63, 3.8) is 0 Å². The number of hydrogen-bond acceptors (Lipinski definition) is 2. The fraction of sp³-hybridized carbons (Fsp3) is 0.429. The Bertz CT molecular complexity index is 211. The Morgan fingerprint density at radius 3 is 3.09 bits per heavy atom. The zero-order chi connectivity index (χ0) is 8.53. The highest BCUT2D eigenvalue weighted by Gasteiger charge is 2.00. The summed E-state index contributed by atoms with van der Waals surface area (Å²) in [4.78, 5) is 13.1. The van der Waals surface area contributed by atoms with Gasteiger partial charge in [-0.1, -0.05) is 5.92 Å². The van der Waals surface area contributed by atoms with E-state index in [1.165, 1.54) is 0 Å². The Morgan fingerprint density at radius 1 is 1.82 bits per heavy atom. The quantitative estimate of drug-likeness (QED) is 0.181. The van der Waals surface area contributed by atoms with Gasteiger partial charge in [-0.05, 0) is 0 Å². The molecule has 0 atom stereocenters. The summed E-state index contributed by atoms with van der Waals surface area (Å²) in [6, 6.07) is 0. The lowest BCUT2D eigenvalue weighted by molar-refractivity contribution is -0.116. The van der Waals surface area contributed by atoms with Crippen molar-refractivity contribution in [2.24, 2.45) is 0 Å². The molecule has 0 aliphatic rings. The predicted molar refractivity (Wildman–Crippen MR) is 39.0 cm³/mol. The van der Waals surface area contributed by atoms with Crippen LogP contribution in [0.5, 0.6) is 0 Å². The summed E-state index contributed by atoms with van der Waals surface area (Å²) in [6.45, 7) is 0.457. The van der Waals surface area contributed by atoms with Gasteiger partial charge in [-0.2, -0.15) is 4.79 Å². The zero-order valence-corrected chi connectivity index (χ0v) is 5.99. The van der Waals surface area contributed by atoms with Crippen LogP contribution in [0.25, 0.3) is 5.53 Å². The third-order valence-electron chi connectivity index (χ3n) is 0.880. The number of Topliss-reactive ketones (excluding diaryl/α,β-unsaturated/α-hetero) is 1. The fourth-order valence-corrected chi connectivity index (χ4v) is 0.433. The van der Waals surface area contributed by atoms with Gasteiger partial charge in [0.2, 0.25) is 5.78 Å². The lowest BCUT2D eigenvalue weighted by Gasteiger charge is -1.93. The molecule has 0 aliphatic heterocycles. The Balaban J connectivity index is 3.33. The minimum Gasteiger partial charge on any atom is -0.368 e. The van der Waals surface area contributed by atoms with E-state index in [1.807, 2.05) is 0 Å². The topological polar surface area (TPSA) is 62.7 Å². The summed E-state index contributed by atoms with van der Waals surface area (Å²) in [5.74, 6) is 1.97. The molecular weight excluding hydrogens is 144 g/mol. The molecule has 11 heavy (non-hydrogen) atoms. The molecule has 0 rings (SSSR count). The Kier molecular flexibility index (Phi) is 5.82. The van der Waals surface area contributed by atoms with Crippen LogP contribution < -0.4 is 0 Å². The van der Waals surface area contributed by atoms with Gasteiger partial charge in [0.25, 0.3) is 0 Å². The van der Waals surface area contributed by atoms with Gasteiger partial charge in [-0.25, -0.2) is 0 Å². The maximum absolute atomic E-state index is 10.6. The Morgan fingerprint density at radius 2 is 2.55 bits per heavy atom. The number of nitrogens with zero attached hydrogens (tertiary/aromatic N) is 2. The molecule has 58 valence electrons.